The molecule has 3 aromatic rings. The van der Waals surface area contributed by atoms with E-state index in [-0.39, 0.29) is 5.60 Å². The van der Waals surface area contributed by atoms with E-state index in [1.54, 1.807) is 6.33 Å². The smallest absolute Gasteiger partial charge is 0.146 e. The maximum atomic E-state index is 6.44. The van der Waals surface area contributed by atoms with Crippen molar-refractivity contribution in [2.75, 3.05) is 31.2 Å². The van der Waals surface area contributed by atoms with Crippen molar-refractivity contribution in [3.8, 4) is 16.9 Å². The molecule has 2 atom stereocenters. The molecule has 2 aromatic heterocycles. The Labute approximate surface area is 222 Å². The topological polar surface area (TPSA) is 78.4 Å². The highest BCUT2D eigenvalue weighted by Gasteiger charge is 2.47. The number of nitrogens with zero attached hydrogens (tertiary/aromatic N) is 4. The molecule has 6 heterocycles. The highest BCUT2D eigenvalue weighted by atomic mass is 32.2. The standard InChI is InChI=1S/C29H35N5O2S/c30-27-26-25(19-2-1-3-23(10-19)35-16-29-6-4-22(36-29)5-7-29)14-34(28(26)32-17-31-27)20-8-18(9-20)12-33-13-24-11-21(33)15-37-24/h1-3,10,14,17-18,20-22,24H,4-9,11-13,15-16H2,(H2,30,31,32)/t18-,20+,21-,22?,24-,29?/m0/s1. The van der Waals surface area contributed by atoms with Gasteiger partial charge < -0.3 is 19.8 Å². The highest BCUT2D eigenvalue weighted by molar-refractivity contribution is 8.00. The molecule has 0 spiro atoms. The normalized spacial score (nSPS) is 34.4. The molecule has 1 saturated carbocycles. The van der Waals surface area contributed by atoms with Gasteiger partial charge in [0.25, 0.3) is 0 Å². The van der Waals surface area contributed by atoms with Gasteiger partial charge in [0.1, 0.15) is 35.7 Å². The zero-order valence-electron chi connectivity index (χ0n) is 21.2. The number of fused-ring (bicyclic) bond motifs is 5. The van der Waals surface area contributed by atoms with Crippen LogP contribution in [-0.4, -0.2) is 67.9 Å². The molecule has 2 N–H and O–H groups in total. The summed E-state index contributed by atoms with van der Waals surface area (Å²) in [6.07, 6.45) is 12.7. The van der Waals surface area contributed by atoms with Crippen LogP contribution in [0.15, 0.2) is 36.8 Å². The van der Waals surface area contributed by atoms with Gasteiger partial charge in [0.2, 0.25) is 0 Å². The summed E-state index contributed by atoms with van der Waals surface area (Å²) in [4.78, 5) is 11.8. The molecular formula is C29H35N5O2S. The Balaban J connectivity index is 1.03. The van der Waals surface area contributed by atoms with Gasteiger partial charge in [-0.05, 0) is 68.6 Å². The molecule has 1 aromatic carbocycles. The molecule has 5 aliphatic rings. The van der Waals surface area contributed by atoms with Gasteiger partial charge in [-0.3, -0.25) is 4.90 Å². The van der Waals surface area contributed by atoms with E-state index in [0.29, 0.717) is 24.6 Å². The zero-order valence-corrected chi connectivity index (χ0v) is 22.0. The molecule has 0 radical (unpaired) electrons. The zero-order chi connectivity index (χ0) is 24.6. The van der Waals surface area contributed by atoms with Crippen molar-refractivity contribution in [1.82, 2.24) is 19.4 Å². The van der Waals surface area contributed by atoms with Crippen molar-refractivity contribution in [3.63, 3.8) is 0 Å². The van der Waals surface area contributed by atoms with Gasteiger partial charge >= 0.3 is 0 Å². The summed E-state index contributed by atoms with van der Waals surface area (Å²) in [6.45, 7) is 3.18. The van der Waals surface area contributed by atoms with Crippen LogP contribution in [0.3, 0.4) is 0 Å². The van der Waals surface area contributed by atoms with E-state index in [1.807, 2.05) is 6.07 Å². The van der Waals surface area contributed by atoms with E-state index < -0.39 is 0 Å². The summed E-state index contributed by atoms with van der Waals surface area (Å²) in [6, 6.07) is 9.68. The molecule has 0 unspecified atom stereocenters. The average molecular weight is 518 g/mol. The Bertz CT molecular complexity index is 1330. The number of ether oxygens (including phenoxy) is 2. The Hall–Kier alpha value is -2.29. The van der Waals surface area contributed by atoms with Crippen LogP contribution < -0.4 is 10.5 Å². The van der Waals surface area contributed by atoms with Gasteiger partial charge in [-0.15, -0.1) is 0 Å². The van der Waals surface area contributed by atoms with E-state index in [2.05, 4.69) is 50.6 Å². The Morgan fingerprint density at radius 2 is 2.03 bits per heavy atom. The number of thioether (sulfide) groups is 1. The van der Waals surface area contributed by atoms with E-state index in [9.17, 15) is 0 Å². The van der Waals surface area contributed by atoms with Gasteiger partial charge in [-0.25, -0.2) is 9.97 Å². The van der Waals surface area contributed by atoms with Gasteiger partial charge in [0, 0.05) is 47.9 Å². The summed E-state index contributed by atoms with van der Waals surface area (Å²) in [5, 5.41) is 1.84. The second kappa shape index (κ2) is 8.61. The third-order valence-corrected chi connectivity index (χ3v) is 11.0. The van der Waals surface area contributed by atoms with Crippen molar-refractivity contribution >= 4 is 28.6 Å². The van der Waals surface area contributed by atoms with Gasteiger partial charge in [-0.2, -0.15) is 11.8 Å². The lowest BCUT2D eigenvalue weighted by Gasteiger charge is -2.40. The van der Waals surface area contributed by atoms with Gasteiger partial charge in [0.15, 0.2) is 0 Å². The summed E-state index contributed by atoms with van der Waals surface area (Å²) >= 11 is 2.18. The highest BCUT2D eigenvalue weighted by Crippen LogP contribution is 2.46. The summed E-state index contributed by atoms with van der Waals surface area (Å²) in [5.74, 6) is 3.53. The van der Waals surface area contributed by atoms with Crippen LogP contribution in [0.2, 0.25) is 0 Å². The van der Waals surface area contributed by atoms with E-state index in [4.69, 9.17) is 20.2 Å². The molecule has 194 valence electrons. The number of rotatable bonds is 7. The minimum absolute atomic E-state index is 0.0802. The third-order valence-electron chi connectivity index (χ3n) is 9.66. The minimum atomic E-state index is -0.0802. The van der Waals surface area contributed by atoms with Crippen LogP contribution in [0.5, 0.6) is 5.75 Å². The lowest BCUT2D eigenvalue weighted by atomic mass is 9.79. The Morgan fingerprint density at radius 3 is 2.78 bits per heavy atom. The molecular weight excluding hydrogens is 482 g/mol. The number of likely N-dealkylation sites (tertiary alicyclic amines) is 1. The largest absolute Gasteiger partial charge is 0.491 e. The van der Waals surface area contributed by atoms with Crippen molar-refractivity contribution in [2.24, 2.45) is 5.92 Å². The van der Waals surface area contributed by atoms with E-state index >= 15 is 0 Å². The molecule has 0 amide bonds. The lowest BCUT2D eigenvalue weighted by molar-refractivity contribution is -0.0198. The first-order chi connectivity index (χ1) is 18.1. The first-order valence-corrected chi connectivity index (χ1v) is 15.1. The van der Waals surface area contributed by atoms with Gasteiger partial charge in [0.05, 0.1) is 11.5 Å². The Morgan fingerprint density at radius 1 is 1.14 bits per heavy atom. The molecule has 8 heteroatoms. The van der Waals surface area contributed by atoms with Crippen LogP contribution in [-0.2, 0) is 4.74 Å². The Kier molecular flexibility index (Phi) is 5.28. The van der Waals surface area contributed by atoms with Crippen LogP contribution in [0.1, 0.15) is 51.0 Å². The van der Waals surface area contributed by atoms with Crippen LogP contribution in [0.4, 0.5) is 5.82 Å². The molecule has 1 aliphatic carbocycles. The van der Waals surface area contributed by atoms with Crippen LogP contribution >= 0.6 is 11.8 Å². The first kappa shape index (κ1) is 22.7. The molecule has 37 heavy (non-hydrogen) atoms. The first-order valence-electron chi connectivity index (χ1n) is 14.0. The molecule has 4 aliphatic heterocycles. The predicted octanol–water partition coefficient (Wildman–Crippen LogP) is 4.91. The lowest BCUT2D eigenvalue weighted by Crippen LogP contribution is -2.41. The molecule has 8 rings (SSSR count). The summed E-state index contributed by atoms with van der Waals surface area (Å²) in [5.41, 5.74) is 9.49. The average Bonchev–Trinajstić information content (AvgIpc) is 3.72. The van der Waals surface area contributed by atoms with Crippen LogP contribution in [0.25, 0.3) is 22.2 Å². The van der Waals surface area contributed by atoms with Crippen LogP contribution in [0, 0.1) is 5.92 Å². The number of aromatic nitrogens is 3. The number of anilines is 1. The number of benzene rings is 1. The van der Waals surface area contributed by atoms with Crippen molar-refractivity contribution in [3.05, 3.63) is 36.8 Å². The fourth-order valence-electron chi connectivity index (χ4n) is 7.57. The monoisotopic (exact) mass is 517 g/mol. The molecule has 5 fully saturated rings. The fourth-order valence-corrected chi connectivity index (χ4v) is 9.07. The van der Waals surface area contributed by atoms with E-state index in [1.165, 1.54) is 50.9 Å². The van der Waals surface area contributed by atoms with Crippen molar-refractivity contribution < 1.29 is 9.47 Å². The molecule has 7 nitrogen and oxygen atoms in total. The maximum absolute atomic E-state index is 6.44. The number of hydrogen-bond donors (Lipinski definition) is 1. The molecule has 4 bridgehead atoms. The molecule has 4 saturated heterocycles. The van der Waals surface area contributed by atoms with Crippen molar-refractivity contribution in [1.29, 1.82) is 0 Å². The second-order valence-corrected chi connectivity index (χ2v) is 13.3. The number of hydrogen-bond acceptors (Lipinski definition) is 7. The SMILES string of the molecule is Nc1ncnc2c1c(-c1cccc(OCC34CCC(CC3)O4)c1)cn2[C@H]1C[C@@H](CN2C[C@@H]3C[C@H]2CS3)C1. The number of nitrogens with two attached hydrogens (primary N) is 1. The quantitative estimate of drug-likeness (QED) is 0.477. The fraction of sp³-hybridized carbons (Fsp3) is 0.586. The minimum Gasteiger partial charge on any atom is -0.491 e. The summed E-state index contributed by atoms with van der Waals surface area (Å²) < 4.78 is 14.9. The summed E-state index contributed by atoms with van der Waals surface area (Å²) in [7, 11) is 0. The third kappa shape index (κ3) is 3.86. The predicted molar refractivity (Wildman–Crippen MR) is 147 cm³/mol. The van der Waals surface area contributed by atoms with E-state index in [0.717, 1.165) is 58.0 Å². The maximum Gasteiger partial charge on any atom is 0.146 e. The van der Waals surface area contributed by atoms with Crippen molar-refractivity contribution in [2.45, 2.75) is 74.0 Å². The van der Waals surface area contributed by atoms with Gasteiger partial charge in [-0.1, -0.05) is 12.1 Å². The second-order valence-electron chi connectivity index (χ2n) is 12.0. The number of nitrogen functional groups attached to an aromatic ring is 1.